The first-order valence-electron chi connectivity index (χ1n) is 6.93. The Balaban J connectivity index is 1.72. The first kappa shape index (κ1) is 14.8. The fraction of sp³-hybridized carbons (Fsp3) is 0.600. The lowest BCUT2D eigenvalue weighted by molar-refractivity contribution is 0.127. The fourth-order valence-corrected chi connectivity index (χ4v) is 2.88. The Kier molecular flexibility index (Phi) is 5.67. The molecule has 0 N–H and O–H groups in total. The summed E-state index contributed by atoms with van der Waals surface area (Å²) in [6.07, 6.45) is 2.53. The van der Waals surface area contributed by atoms with Crippen LogP contribution in [0.25, 0.3) is 0 Å². The number of likely N-dealkylation sites (tertiary alicyclic amines) is 1. The van der Waals surface area contributed by atoms with Crippen LogP contribution in [0.15, 0.2) is 28.7 Å². The van der Waals surface area contributed by atoms with Gasteiger partial charge in [0.25, 0.3) is 0 Å². The van der Waals surface area contributed by atoms with Gasteiger partial charge >= 0.3 is 0 Å². The van der Waals surface area contributed by atoms with Gasteiger partial charge in [-0.05, 0) is 68.1 Å². The van der Waals surface area contributed by atoms with Crippen molar-refractivity contribution in [3.8, 4) is 5.75 Å². The second-order valence-corrected chi connectivity index (χ2v) is 6.15. The molecule has 1 saturated heterocycles. The van der Waals surface area contributed by atoms with Gasteiger partial charge in [-0.3, -0.25) is 4.90 Å². The smallest absolute Gasteiger partial charge is 0.133 e. The van der Waals surface area contributed by atoms with Gasteiger partial charge in [0.05, 0.1) is 4.47 Å². The number of benzene rings is 1. The Morgan fingerprint density at radius 2 is 2.00 bits per heavy atom. The van der Waals surface area contributed by atoms with Crippen LogP contribution < -0.4 is 4.74 Å². The van der Waals surface area contributed by atoms with Crippen molar-refractivity contribution in [2.45, 2.75) is 18.9 Å². The molecule has 2 rings (SSSR count). The van der Waals surface area contributed by atoms with Gasteiger partial charge in [-0.25, -0.2) is 0 Å². The van der Waals surface area contributed by atoms with E-state index in [1.165, 1.54) is 25.9 Å². The summed E-state index contributed by atoms with van der Waals surface area (Å²) in [6.45, 7) is 4.14. The molecule has 1 aliphatic heterocycles. The Hall–Kier alpha value is -0.580. The van der Waals surface area contributed by atoms with E-state index >= 15 is 0 Å². The van der Waals surface area contributed by atoms with Crippen molar-refractivity contribution >= 4 is 15.9 Å². The van der Waals surface area contributed by atoms with Crippen LogP contribution >= 0.6 is 15.9 Å². The van der Waals surface area contributed by atoms with E-state index in [9.17, 15) is 0 Å². The summed E-state index contributed by atoms with van der Waals surface area (Å²) in [7, 11) is 4.41. The van der Waals surface area contributed by atoms with Crippen LogP contribution in [0.4, 0.5) is 0 Å². The third kappa shape index (κ3) is 4.48. The fourth-order valence-electron chi connectivity index (χ4n) is 2.48. The number of rotatable bonds is 5. The van der Waals surface area contributed by atoms with Crippen LogP contribution in [-0.2, 0) is 0 Å². The topological polar surface area (TPSA) is 15.7 Å². The van der Waals surface area contributed by atoms with E-state index in [4.69, 9.17) is 4.74 Å². The van der Waals surface area contributed by atoms with Crippen LogP contribution in [0.1, 0.15) is 12.8 Å². The summed E-state index contributed by atoms with van der Waals surface area (Å²) >= 11 is 3.50. The highest BCUT2D eigenvalue weighted by Crippen LogP contribution is 2.23. The van der Waals surface area contributed by atoms with E-state index in [0.29, 0.717) is 6.04 Å². The van der Waals surface area contributed by atoms with Crippen LogP contribution in [0.2, 0.25) is 0 Å². The minimum Gasteiger partial charge on any atom is -0.491 e. The molecule has 19 heavy (non-hydrogen) atoms. The van der Waals surface area contributed by atoms with Gasteiger partial charge in [0, 0.05) is 12.6 Å². The Morgan fingerprint density at radius 1 is 1.32 bits per heavy atom. The zero-order chi connectivity index (χ0) is 13.7. The molecule has 0 amide bonds. The van der Waals surface area contributed by atoms with Gasteiger partial charge in [0.15, 0.2) is 0 Å². The zero-order valence-corrected chi connectivity index (χ0v) is 13.4. The highest BCUT2D eigenvalue weighted by molar-refractivity contribution is 9.10. The first-order valence-corrected chi connectivity index (χ1v) is 7.72. The molecule has 1 aromatic carbocycles. The molecule has 1 aliphatic rings. The lowest BCUT2D eigenvalue weighted by atomic mass is 10.0. The minimum atomic E-state index is 0.707. The number of nitrogens with zero attached hydrogens (tertiary/aromatic N) is 2. The molecule has 0 bridgehead atoms. The van der Waals surface area contributed by atoms with Crippen LogP contribution in [0.3, 0.4) is 0 Å². The number of ether oxygens (including phenoxy) is 1. The average molecular weight is 327 g/mol. The van der Waals surface area contributed by atoms with Crippen LogP contribution in [-0.4, -0.2) is 56.2 Å². The Morgan fingerprint density at radius 3 is 2.68 bits per heavy atom. The zero-order valence-electron chi connectivity index (χ0n) is 11.8. The van der Waals surface area contributed by atoms with E-state index < -0.39 is 0 Å². The van der Waals surface area contributed by atoms with Crippen molar-refractivity contribution in [1.29, 1.82) is 0 Å². The van der Waals surface area contributed by atoms with Gasteiger partial charge in [-0.2, -0.15) is 0 Å². The molecule has 3 nitrogen and oxygen atoms in total. The minimum absolute atomic E-state index is 0.707. The molecule has 1 fully saturated rings. The van der Waals surface area contributed by atoms with Crippen molar-refractivity contribution in [1.82, 2.24) is 9.80 Å². The molecule has 1 aromatic rings. The lowest BCUT2D eigenvalue weighted by Crippen LogP contribution is -2.43. The number of hydrogen-bond acceptors (Lipinski definition) is 3. The van der Waals surface area contributed by atoms with E-state index in [0.717, 1.165) is 23.4 Å². The number of para-hydroxylation sites is 1. The number of likely N-dealkylation sites (N-methyl/N-ethyl adjacent to an activating group) is 1. The van der Waals surface area contributed by atoms with Gasteiger partial charge in [0.1, 0.15) is 12.4 Å². The van der Waals surface area contributed by atoms with Gasteiger partial charge in [0.2, 0.25) is 0 Å². The quantitative estimate of drug-likeness (QED) is 0.827. The molecule has 4 heteroatoms. The molecule has 0 radical (unpaired) electrons. The van der Waals surface area contributed by atoms with E-state index in [2.05, 4.69) is 39.8 Å². The second kappa shape index (κ2) is 7.27. The van der Waals surface area contributed by atoms with E-state index in [1.54, 1.807) is 0 Å². The number of halogens is 1. The molecule has 0 spiro atoms. The van der Waals surface area contributed by atoms with Crippen molar-refractivity contribution in [2.75, 3.05) is 40.3 Å². The molecule has 0 saturated carbocycles. The molecule has 0 atom stereocenters. The maximum absolute atomic E-state index is 5.82. The van der Waals surface area contributed by atoms with Crippen LogP contribution in [0, 0.1) is 0 Å². The third-order valence-electron chi connectivity index (χ3n) is 3.85. The van der Waals surface area contributed by atoms with Gasteiger partial charge in [-0.15, -0.1) is 0 Å². The van der Waals surface area contributed by atoms with Crippen molar-refractivity contribution in [3.05, 3.63) is 28.7 Å². The van der Waals surface area contributed by atoms with Gasteiger partial charge < -0.3 is 9.64 Å². The maximum atomic E-state index is 5.82. The number of hydrogen-bond donors (Lipinski definition) is 0. The summed E-state index contributed by atoms with van der Waals surface area (Å²) in [5.74, 6) is 0.930. The summed E-state index contributed by atoms with van der Waals surface area (Å²) in [5, 5.41) is 0. The Labute approximate surface area is 124 Å². The SMILES string of the molecule is CN1CCC(N(C)CCOc2ccccc2Br)CC1. The first-order chi connectivity index (χ1) is 9.16. The molecule has 1 heterocycles. The van der Waals surface area contributed by atoms with E-state index in [-0.39, 0.29) is 0 Å². The normalized spacial score (nSPS) is 17.9. The summed E-state index contributed by atoms with van der Waals surface area (Å²) < 4.78 is 6.85. The molecular weight excluding hydrogens is 304 g/mol. The summed E-state index contributed by atoms with van der Waals surface area (Å²) in [5.41, 5.74) is 0. The highest BCUT2D eigenvalue weighted by atomic mass is 79.9. The molecule has 106 valence electrons. The molecule has 0 aromatic heterocycles. The second-order valence-electron chi connectivity index (χ2n) is 5.29. The predicted octanol–water partition coefficient (Wildman–Crippen LogP) is 2.85. The van der Waals surface area contributed by atoms with Crippen molar-refractivity contribution in [2.24, 2.45) is 0 Å². The number of piperidine rings is 1. The highest BCUT2D eigenvalue weighted by Gasteiger charge is 2.20. The van der Waals surface area contributed by atoms with E-state index in [1.807, 2.05) is 24.3 Å². The monoisotopic (exact) mass is 326 g/mol. The summed E-state index contributed by atoms with van der Waals surface area (Å²) in [6, 6.07) is 8.72. The van der Waals surface area contributed by atoms with Crippen LogP contribution in [0.5, 0.6) is 5.75 Å². The average Bonchev–Trinajstić information content (AvgIpc) is 2.41. The van der Waals surface area contributed by atoms with Gasteiger partial charge in [-0.1, -0.05) is 12.1 Å². The Bertz CT molecular complexity index is 391. The maximum Gasteiger partial charge on any atom is 0.133 e. The van der Waals surface area contributed by atoms with Crippen molar-refractivity contribution < 1.29 is 4.74 Å². The standard InChI is InChI=1S/C15H23BrN2O/c1-17-9-7-13(8-10-17)18(2)11-12-19-15-6-4-3-5-14(15)16/h3-6,13H,7-12H2,1-2H3. The largest absolute Gasteiger partial charge is 0.491 e. The molecular formula is C15H23BrN2O. The third-order valence-corrected chi connectivity index (χ3v) is 4.50. The van der Waals surface area contributed by atoms with Crippen molar-refractivity contribution in [3.63, 3.8) is 0 Å². The lowest BCUT2D eigenvalue weighted by Gasteiger charge is -2.35. The molecule has 0 aliphatic carbocycles. The predicted molar refractivity (Wildman–Crippen MR) is 82.8 cm³/mol. The summed E-state index contributed by atoms with van der Waals surface area (Å²) in [4.78, 5) is 4.84. The molecule has 0 unspecified atom stereocenters.